The van der Waals surface area contributed by atoms with Crippen molar-refractivity contribution >= 4 is 23.1 Å². The lowest BCUT2D eigenvalue weighted by Gasteiger charge is -2.07. The molecule has 0 aliphatic carbocycles. The Morgan fingerprint density at radius 1 is 1.00 bits per heavy atom. The van der Waals surface area contributed by atoms with Crippen LogP contribution in [-0.2, 0) is 0 Å². The second-order valence-electron chi connectivity index (χ2n) is 3.41. The number of anilines is 2. The highest BCUT2D eigenvalue weighted by atomic mass is 32.2. The fraction of sp³-hybridized carbons (Fsp3) is 0.0769. The highest BCUT2D eigenvalue weighted by Gasteiger charge is 2.00. The van der Waals surface area contributed by atoms with Crippen molar-refractivity contribution in [1.29, 1.82) is 0 Å². The van der Waals surface area contributed by atoms with Gasteiger partial charge in [-0.1, -0.05) is 30.0 Å². The molecule has 2 nitrogen and oxygen atoms in total. The van der Waals surface area contributed by atoms with E-state index in [1.807, 2.05) is 37.4 Å². The molecule has 0 aliphatic heterocycles. The van der Waals surface area contributed by atoms with Crippen molar-refractivity contribution in [3.05, 3.63) is 48.5 Å². The van der Waals surface area contributed by atoms with Gasteiger partial charge in [0.1, 0.15) is 0 Å². The summed E-state index contributed by atoms with van der Waals surface area (Å²) in [6, 6.07) is 16.3. The van der Waals surface area contributed by atoms with Crippen molar-refractivity contribution < 1.29 is 0 Å². The Labute approximate surface area is 99.9 Å². The Kier molecular flexibility index (Phi) is 3.37. The van der Waals surface area contributed by atoms with E-state index in [2.05, 4.69) is 23.5 Å². The van der Waals surface area contributed by atoms with E-state index in [0.29, 0.717) is 0 Å². The van der Waals surface area contributed by atoms with Gasteiger partial charge in [-0.25, -0.2) is 0 Å². The quantitative estimate of drug-likeness (QED) is 0.793. The third kappa shape index (κ3) is 2.49. The molecule has 0 aliphatic rings. The lowest BCUT2D eigenvalue weighted by molar-refractivity contribution is 1.39. The largest absolute Gasteiger partial charge is 0.397 e. The summed E-state index contributed by atoms with van der Waals surface area (Å²) >= 11 is 1.73. The smallest absolute Gasteiger partial charge is 0.0582 e. The van der Waals surface area contributed by atoms with Gasteiger partial charge in [0.05, 0.1) is 11.4 Å². The second-order valence-corrected chi connectivity index (χ2v) is 4.56. The number of benzene rings is 2. The van der Waals surface area contributed by atoms with Crippen LogP contribution in [-0.4, -0.2) is 7.05 Å². The molecule has 3 N–H and O–H groups in total. The van der Waals surface area contributed by atoms with E-state index >= 15 is 0 Å². The molecule has 0 heterocycles. The van der Waals surface area contributed by atoms with Crippen LogP contribution in [0.25, 0.3) is 0 Å². The third-order valence-electron chi connectivity index (χ3n) is 2.27. The van der Waals surface area contributed by atoms with Crippen molar-refractivity contribution in [1.82, 2.24) is 0 Å². The van der Waals surface area contributed by atoms with Gasteiger partial charge in [-0.3, -0.25) is 0 Å². The maximum Gasteiger partial charge on any atom is 0.0582 e. The van der Waals surface area contributed by atoms with Gasteiger partial charge in [-0.2, -0.15) is 0 Å². The molecular weight excluding hydrogens is 216 g/mol. The summed E-state index contributed by atoms with van der Waals surface area (Å²) in [6.07, 6.45) is 0. The Hall–Kier alpha value is -1.61. The molecule has 0 bridgehead atoms. The van der Waals surface area contributed by atoms with Gasteiger partial charge in [0, 0.05) is 16.8 Å². The Bertz CT molecular complexity index is 469. The number of hydrogen-bond acceptors (Lipinski definition) is 3. The normalized spacial score (nSPS) is 10.1. The molecular formula is C13H14N2S. The molecule has 0 spiro atoms. The Morgan fingerprint density at radius 3 is 2.44 bits per heavy atom. The monoisotopic (exact) mass is 230 g/mol. The molecule has 82 valence electrons. The third-order valence-corrected chi connectivity index (χ3v) is 3.27. The zero-order chi connectivity index (χ0) is 11.4. The number of hydrogen-bond donors (Lipinski definition) is 2. The van der Waals surface area contributed by atoms with E-state index in [-0.39, 0.29) is 0 Å². The van der Waals surface area contributed by atoms with Crippen LogP contribution in [0.3, 0.4) is 0 Å². The van der Waals surface area contributed by atoms with E-state index in [1.54, 1.807) is 11.8 Å². The van der Waals surface area contributed by atoms with Crippen molar-refractivity contribution in [2.24, 2.45) is 0 Å². The summed E-state index contributed by atoms with van der Waals surface area (Å²) < 4.78 is 0. The highest BCUT2D eigenvalue weighted by Crippen LogP contribution is 2.31. The lowest BCUT2D eigenvalue weighted by atomic mass is 10.3. The van der Waals surface area contributed by atoms with Gasteiger partial charge >= 0.3 is 0 Å². The number of rotatable bonds is 3. The Balaban J connectivity index is 2.22. The zero-order valence-electron chi connectivity index (χ0n) is 9.10. The maximum atomic E-state index is 5.82. The average Bonchev–Trinajstić information content (AvgIpc) is 2.33. The minimum absolute atomic E-state index is 0.778. The van der Waals surface area contributed by atoms with Crippen LogP contribution >= 0.6 is 11.8 Å². The molecule has 16 heavy (non-hydrogen) atoms. The zero-order valence-corrected chi connectivity index (χ0v) is 9.92. The standard InChI is InChI=1S/C13H14N2S/c1-15-13-9-11(7-8-12(13)14)16-10-5-3-2-4-6-10/h2-9,15H,14H2,1H3. The van der Waals surface area contributed by atoms with Crippen LogP contribution in [0.5, 0.6) is 0 Å². The molecule has 3 heteroatoms. The summed E-state index contributed by atoms with van der Waals surface area (Å²) in [7, 11) is 1.88. The number of nitrogens with one attached hydrogen (secondary N) is 1. The van der Waals surface area contributed by atoms with Crippen LogP contribution < -0.4 is 11.1 Å². The summed E-state index contributed by atoms with van der Waals surface area (Å²) in [4.78, 5) is 2.42. The van der Waals surface area contributed by atoms with Gasteiger partial charge in [0.15, 0.2) is 0 Å². The highest BCUT2D eigenvalue weighted by molar-refractivity contribution is 7.99. The van der Waals surface area contributed by atoms with E-state index in [0.717, 1.165) is 11.4 Å². The van der Waals surface area contributed by atoms with Crippen LogP contribution in [0.2, 0.25) is 0 Å². The molecule has 0 aromatic heterocycles. The summed E-state index contributed by atoms with van der Waals surface area (Å²) in [6.45, 7) is 0. The molecule has 2 rings (SSSR count). The second kappa shape index (κ2) is 4.94. The molecule has 0 radical (unpaired) electrons. The van der Waals surface area contributed by atoms with Gasteiger partial charge in [-0.05, 0) is 30.3 Å². The predicted molar refractivity (Wildman–Crippen MR) is 71.0 cm³/mol. The molecule has 0 atom stereocenters. The van der Waals surface area contributed by atoms with Gasteiger partial charge in [-0.15, -0.1) is 0 Å². The summed E-state index contributed by atoms with van der Waals surface area (Å²) in [5.41, 5.74) is 7.57. The van der Waals surface area contributed by atoms with Crippen LogP contribution in [0.15, 0.2) is 58.3 Å². The maximum absolute atomic E-state index is 5.82. The first kappa shape index (κ1) is 10.9. The van der Waals surface area contributed by atoms with Crippen molar-refractivity contribution in [3.63, 3.8) is 0 Å². The average molecular weight is 230 g/mol. The Morgan fingerprint density at radius 2 is 1.75 bits per heavy atom. The van der Waals surface area contributed by atoms with Crippen LogP contribution in [0, 0.1) is 0 Å². The van der Waals surface area contributed by atoms with E-state index in [1.165, 1.54) is 9.79 Å². The summed E-state index contributed by atoms with van der Waals surface area (Å²) in [5.74, 6) is 0. The van der Waals surface area contributed by atoms with E-state index in [9.17, 15) is 0 Å². The van der Waals surface area contributed by atoms with Crippen molar-refractivity contribution in [2.75, 3.05) is 18.1 Å². The first-order valence-electron chi connectivity index (χ1n) is 5.10. The van der Waals surface area contributed by atoms with Gasteiger partial charge in [0.2, 0.25) is 0 Å². The molecule has 2 aromatic rings. The fourth-order valence-electron chi connectivity index (χ4n) is 1.44. The van der Waals surface area contributed by atoms with Crippen molar-refractivity contribution in [2.45, 2.75) is 9.79 Å². The summed E-state index contributed by atoms with van der Waals surface area (Å²) in [5, 5.41) is 3.08. The molecule has 0 amide bonds. The lowest BCUT2D eigenvalue weighted by Crippen LogP contribution is -1.95. The van der Waals surface area contributed by atoms with Gasteiger partial charge < -0.3 is 11.1 Å². The number of nitrogen functional groups attached to an aromatic ring is 1. The molecule has 0 fully saturated rings. The molecule has 2 aromatic carbocycles. The van der Waals surface area contributed by atoms with Gasteiger partial charge in [0.25, 0.3) is 0 Å². The topological polar surface area (TPSA) is 38.0 Å². The minimum atomic E-state index is 0.778. The molecule has 0 saturated heterocycles. The number of nitrogens with two attached hydrogens (primary N) is 1. The fourth-order valence-corrected chi connectivity index (χ4v) is 2.32. The first-order chi connectivity index (χ1) is 7.79. The molecule has 0 saturated carbocycles. The molecule has 0 unspecified atom stereocenters. The van der Waals surface area contributed by atoms with Crippen LogP contribution in [0.1, 0.15) is 0 Å². The van der Waals surface area contributed by atoms with E-state index < -0.39 is 0 Å². The van der Waals surface area contributed by atoms with E-state index in [4.69, 9.17) is 5.73 Å². The predicted octanol–water partition coefficient (Wildman–Crippen LogP) is 3.46. The SMILES string of the molecule is CNc1cc(Sc2ccccc2)ccc1N. The van der Waals surface area contributed by atoms with Crippen molar-refractivity contribution in [3.8, 4) is 0 Å². The minimum Gasteiger partial charge on any atom is -0.397 e. The van der Waals surface area contributed by atoms with Crippen LogP contribution in [0.4, 0.5) is 11.4 Å². The first-order valence-corrected chi connectivity index (χ1v) is 5.91.